The van der Waals surface area contributed by atoms with Gasteiger partial charge < -0.3 is 14.5 Å². The van der Waals surface area contributed by atoms with Crippen molar-refractivity contribution in [3.05, 3.63) is 42.6 Å². The number of nitrogens with zero attached hydrogens (tertiary/aromatic N) is 2. The van der Waals surface area contributed by atoms with E-state index in [0.29, 0.717) is 16.7 Å². The van der Waals surface area contributed by atoms with E-state index in [2.05, 4.69) is 20.2 Å². The zero-order valence-corrected chi connectivity index (χ0v) is 13.1. The van der Waals surface area contributed by atoms with Gasteiger partial charge in [-0.25, -0.2) is 0 Å². The molecule has 24 heavy (non-hydrogen) atoms. The molecular weight excluding hydrogens is 328 g/mol. The minimum atomic E-state index is -0.911. The van der Waals surface area contributed by atoms with Crippen molar-refractivity contribution >= 4 is 28.6 Å². The lowest BCUT2D eigenvalue weighted by molar-refractivity contribution is -0.133. The zero-order valence-electron chi connectivity index (χ0n) is 12.3. The van der Waals surface area contributed by atoms with Crippen LogP contribution in [-0.4, -0.2) is 37.0 Å². The fourth-order valence-electron chi connectivity index (χ4n) is 2.37. The number of fused-ring (bicyclic) bond motifs is 1. The Morgan fingerprint density at radius 2 is 2.08 bits per heavy atom. The van der Waals surface area contributed by atoms with E-state index in [1.807, 2.05) is 36.5 Å². The number of furan rings is 1. The van der Waals surface area contributed by atoms with E-state index in [4.69, 9.17) is 9.52 Å². The molecule has 0 unspecified atom stereocenters. The highest BCUT2D eigenvalue weighted by Gasteiger charge is 2.13. The first-order valence-corrected chi connectivity index (χ1v) is 8.12. The minimum absolute atomic E-state index is 0.0864. The Kier molecular flexibility index (Phi) is 3.58. The Morgan fingerprint density at radius 1 is 1.21 bits per heavy atom. The van der Waals surface area contributed by atoms with Gasteiger partial charge in [0, 0.05) is 17.3 Å². The molecule has 0 aliphatic heterocycles. The third-order valence-corrected chi connectivity index (χ3v) is 4.30. The van der Waals surface area contributed by atoms with E-state index in [9.17, 15) is 4.79 Å². The lowest BCUT2D eigenvalue weighted by Crippen LogP contribution is -1.97. The van der Waals surface area contributed by atoms with Gasteiger partial charge in [0.1, 0.15) is 5.76 Å². The number of thioether (sulfide) groups is 1. The molecule has 0 bridgehead atoms. The van der Waals surface area contributed by atoms with Crippen LogP contribution >= 0.6 is 11.8 Å². The number of carboxylic acids is 1. The lowest BCUT2D eigenvalue weighted by Gasteiger charge is -1.97. The molecule has 0 amide bonds. The van der Waals surface area contributed by atoms with Crippen LogP contribution in [0.4, 0.5) is 0 Å². The maximum atomic E-state index is 10.6. The number of carbonyl (C=O) groups is 1. The van der Waals surface area contributed by atoms with E-state index < -0.39 is 5.97 Å². The van der Waals surface area contributed by atoms with Gasteiger partial charge in [-0.15, -0.1) is 5.10 Å². The van der Waals surface area contributed by atoms with Crippen molar-refractivity contribution in [1.29, 1.82) is 0 Å². The van der Waals surface area contributed by atoms with Crippen LogP contribution in [0.5, 0.6) is 0 Å². The number of aromatic amines is 2. The number of aliphatic carboxylic acids is 1. The quantitative estimate of drug-likeness (QED) is 0.481. The van der Waals surface area contributed by atoms with E-state index in [1.165, 1.54) is 0 Å². The summed E-state index contributed by atoms with van der Waals surface area (Å²) in [5, 5.41) is 16.9. The summed E-state index contributed by atoms with van der Waals surface area (Å²) in [5.41, 5.74) is 1.99. The van der Waals surface area contributed by atoms with Crippen molar-refractivity contribution in [2.75, 3.05) is 5.75 Å². The third kappa shape index (κ3) is 2.79. The normalized spacial score (nSPS) is 11.2. The van der Waals surface area contributed by atoms with E-state index in [-0.39, 0.29) is 5.75 Å². The predicted octanol–water partition coefficient (Wildman–Crippen LogP) is 3.39. The molecule has 3 heterocycles. The van der Waals surface area contributed by atoms with Gasteiger partial charge in [0.2, 0.25) is 5.16 Å². The topological polar surface area (TPSA) is 108 Å². The average molecular weight is 340 g/mol. The number of hydrogen-bond acceptors (Lipinski definition) is 5. The van der Waals surface area contributed by atoms with Gasteiger partial charge in [-0.05, 0) is 29.7 Å². The Morgan fingerprint density at radius 3 is 2.96 bits per heavy atom. The van der Waals surface area contributed by atoms with Gasteiger partial charge in [0.15, 0.2) is 11.6 Å². The summed E-state index contributed by atoms with van der Waals surface area (Å²) < 4.78 is 5.85. The van der Waals surface area contributed by atoms with Crippen LogP contribution in [-0.2, 0) is 4.79 Å². The van der Waals surface area contributed by atoms with E-state index in [0.717, 1.165) is 34.0 Å². The highest BCUT2D eigenvalue weighted by molar-refractivity contribution is 7.99. The SMILES string of the molecule is O=C(O)CSc1n[nH]c(-c2ccc(-c3ccc4cc[nH]c4c3)o2)n1. The molecule has 4 rings (SSSR count). The molecule has 3 N–H and O–H groups in total. The summed E-state index contributed by atoms with van der Waals surface area (Å²) in [7, 11) is 0. The summed E-state index contributed by atoms with van der Waals surface area (Å²) in [6.45, 7) is 0. The molecule has 3 aromatic heterocycles. The van der Waals surface area contributed by atoms with Gasteiger partial charge >= 0.3 is 5.97 Å². The monoisotopic (exact) mass is 340 g/mol. The van der Waals surface area contributed by atoms with Crippen molar-refractivity contribution < 1.29 is 14.3 Å². The summed E-state index contributed by atoms with van der Waals surface area (Å²) in [6, 6.07) is 11.7. The van der Waals surface area contributed by atoms with Crippen molar-refractivity contribution in [1.82, 2.24) is 20.2 Å². The van der Waals surface area contributed by atoms with Crippen LogP contribution in [0.25, 0.3) is 33.8 Å². The van der Waals surface area contributed by atoms with E-state index in [1.54, 1.807) is 6.07 Å². The van der Waals surface area contributed by atoms with Gasteiger partial charge in [0.25, 0.3) is 0 Å². The largest absolute Gasteiger partial charge is 0.481 e. The summed E-state index contributed by atoms with van der Waals surface area (Å²) >= 11 is 1.05. The van der Waals surface area contributed by atoms with Crippen LogP contribution in [0.3, 0.4) is 0 Å². The van der Waals surface area contributed by atoms with Gasteiger partial charge in [-0.2, -0.15) is 4.98 Å². The van der Waals surface area contributed by atoms with Gasteiger partial charge in [-0.3, -0.25) is 9.89 Å². The standard InChI is InChI=1S/C16H12N4O3S/c21-14(22)8-24-16-18-15(19-20-16)13-4-3-12(23-13)10-2-1-9-5-6-17-11(9)7-10/h1-7,17H,8H2,(H,21,22)(H,18,19,20). The van der Waals surface area contributed by atoms with Crippen LogP contribution < -0.4 is 0 Å². The molecule has 120 valence electrons. The first kappa shape index (κ1) is 14.6. The maximum absolute atomic E-state index is 10.6. The number of aromatic nitrogens is 4. The molecule has 0 fully saturated rings. The van der Waals surface area contributed by atoms with Gasteiger partial charge in [0.05, 0.1) is 5.75 Å². The van der Waals surface area contributed by atoms with Crippen molar-refractivity contribution in [2.24, 2.45) is 0 Å². The fraction of sp³-hybridized carbons (Fsp3) is 0.0625. The van der Waals surface area contributed by atoms with Crippen LogP contribution in [0, 0.1) is 0 Å². The fourth-order valence-corrected chi connectivity index (χ4v) is 2.89. The first-order valence-electron chi connectivity index (χ1n) is 7.14. The molecule has 0 radical (unpaired) electrons. The Bertz CT molecular complexity index is 1020. The number of hydrogen-bond donors (Lipinski definition) is 3. The molecule has 0 aliphatic rings. The van der Waals surface area contributed by atoms with Crippen LogP contribution in [0.2, 0.25) is 0 Å². The molecule has 0 saturated heterocycles. The number of benzene rings is 1. The smallest absolute Gasteiger partial charge is 0.313 e. The first-order chi connectivity index (χ1) is 11.7. The number of rotatable bonds is 5. The van der Waals surface area contributed by atoms with Crippen LogP contribution in [0.15, 0.2) is 52.2 Å². The minimum Gasteiger partial charge on any atom is -0.481 e. The lowest BCUT2D eigenvalue weighted by atomic mass is 10.1. The number of H-pyrrole nitrogens is 2. The van der Waals surface area contributed by atoms with Crippen molar-refractivity contribution in [3.63, 3.8) is 0 Å². The molecule has 0 saturated carbocycles. The van der Waals surface area contributed by atoms with Crippen LogP contribution in [0.1, 0.15) is 0 Å². The summed E-state index contributed by atoms with van der Waals surface area (Å²) in [4.78, 5) is 18.0. The highest BCUT2D eigenvalue weighted by atomic mass is 32.2. The second-order valence-electron chi connectivity index (χ2n) is 5.09. The number of nitrogens with one attached hydrogen (secondary N) is 2. The second kappa shape index (κ2) is 5.89. The molecule has 0 spiro atoms. The summed E-state index contributed by atoms with van der Waals surface area (Å²) in [6.07, 6.45) is 1.90. The van der Waals surface area contributed by atoms with Gasteiger partial charge in [-0.1, -0.05) is 23.9 Å². The molecular formula is C16H12N4O3S. The molecule has 8 heteroatoms. The predicted molar refractivity (Wildman–Crippen MR) is 89.7 cm³/mol. The third-order valence-electron chi connectivity index (χ3n) is 3.47. The highest BCUT2D eigenvalue weighted by Crippen LogP contribution is 2.29. The Balaban J connectivity index is 1.59. The Hall–Kier alpha value is -3.00. The average Bonchev–Trinajstić information content (AvgIpc) is 3.30. The maximum Gasteiger partial charge on any atom is 0.313 e. The zero-order chi connectivity index (χ0) is 16.5. The van der Waals surface area contributed by atoms with E-state index >= 15 is 0 Å². The molecule has 0 aliphatic carbocycles. The van der Waals surface area contributed by atoms with Crippen molar-refractivity contribution in [3.8, 4) is 22.9 Å². The molecule has 4 aromatic rings. The van der Waals surface area contributed by atoms with Crippen molar-refractivity contribution in [2.45, 2.75) is 5.16 Å². The molecule has 7 nitrogen and oxygen atoms in total. The summed E-state index contributed by atoms with van der Waals surface area (Å²) in [5.74, 6) is 0.738. The Labute approximate surface area is 140 Å². The second-order valence-corrected chi connectivity index (χ2v) is 6.04. The molecule has 0 atom stereocenters. The number of carboxylic acid groups (broad SMARTS) is 1. The molecule has 1 aromatic carbocycles.